The second-order valence-electron chi connectivity index (χ2n) is 10.1. The van der Waals surface area contributed by atoms with Crippen LogP contribution in [-0.4, -0.2) is 26.5 Å². The first-order valence-corrected chi connectivity index (χ1v) is 12.1. The summed E-state index contributed by atoms with van der Waals surface area (Å²) in [5.41, 5.74) is 4.19. The number of fused-ring (bicyclic) bond motifs is 2. The predicted molar refractivity (Wildman–Crippen MR) is 128 cm³/mol. The number of benzene rings is 1. The number of rotatable bonds is 3. The van der Waals surface area contributed by atoms with Crippen molar-refractivity contribution in [1.82, 2.24) is 14.8 Å². The highest BCUT2D eigenvalue weighted by Crippen LogP contribution is 2.44. The van der Waals surface area contributed by atoms with Gasteiger partial charge in [0.05, 0.1) is 22.5 Å². The minimum atomic E-state index is -0.607. The highest BCUT2D eigenvalue weighted by molar-refractivity contribution is 6.30. The van der Waals surface area contributed by atoms with E-state index in [1.807, 2.05) is 45.9 Å². The Kier molecular flexibility index (Phi) is 5.52. The van der Waals surface area contributed by atoms with Crippen molar-refractivity contribution in [1.29, 1.82) is 5.26 Å². The first-order valence-electron chi connectivity index (χ1n) is 11.7. The molecule has 0 spiro atoms. The molecule has 0 aliphatic heterocycles. The lowest BCUT2D eigenvalue weighted by molar-refractivity contribution is 0.0522. The molecule has 34 heavy (non-hydrogen) atoms. The van der Waals surface area contributed by atoms with Crippen LogP contribution in [0.15, 0.2) is 18.2 Å². The molecule has 2 aliphatic rings. The third-order valence-corrected chi connectivity index (χ3v) is 6.63. The number of nitriles is 1. The van der Waals surface area contributed by atoms with Gasteiger partial charge in [0.2, 0.25) is 0 Å². The number of carbonyl (C=O) groups excluding carboxylic acids is 1. The topological polar surface area (TPSA) is 90.0 Å². The van der Waals surface area contributed by atoms with Crippen molar-refractivity contribution in [3.63, 3.8) is 0 Å². The van der Waals surface area contributed by atoms with Crippen LogP contribution in [0.1, 0.15) is 86.6 Å². The SMILES string of the molecule is Cc1c(C#N)c(Cl)nc2c1CCCC2Oc1ccc2c(c1)c(C1CC1)nn2C(=O)OC(C)(C)C. The van der Waals surface area contributed by atoms with Gasteiger partial charge in [0.25, 0.3) is 0 Å². The summed E-state index contributed by atoms with van der Waals surface area (Å²) in [7, 11) is 0. The van der Waals surface area contributed by atoms with Gasteiger partial charge in [-0.3, -0.25) is 0 Å². The van der Waals surface area contributed by atoms with E-state index in [1.165, 1.54) is 4.68 Å². The zero-order valence-electron chi connectivity index (χ0n) is 19.8. The molecule has 1 aromatic carbocycles. The first-order chi connectivity index (χ1) is 16.2. The van der Waals surface area contributed by atoms with Gasteiger partial charge in [-0.1, -0.05) is 11.6 Å². The van der Waals surface area contributed by atoms with Gasteiger partial charge < -0.3 is 9.47 Å². The molecule has 3 aromatic rings. The summed E-state index contributed by atoms with van der Waals surface area (Å²) in [5, 5.41) is 15.2. The molecule has 0 amide bonds. The molecule has 8 heteroatoms. The van der Waals surface area contributed by atoms with Gasteiger partial charge in [0.1, 0.15) is 28.7 Å². The Labute approximate surface area is 203 Å². The Bertz CT molecular complexity index is 1350. The second-order valence-corrected chi connectivity index (χ2v) is 10.5. The maximum atomic E-state index is 12.8. The number of ether oxygens (including phenoxy) is 2. The van der Waals surface area contributed by atoms with E-state index in [0.717, 1.165) is 60.0 Å². The Morgan fingerprint density at radius 2 is 2.00 bits per heavy atom. The number of hydrogen-bond donors (Lipinski definition) is 0. The number of aromatic nitrogens is 3. The molecule has 2 aliphatic carbocycles. The summed E-state index contributed by atoms with van der Waals surface area (Å²) >= 11 is 6.31. The predicted octanol–water partition coefficient (Wildman–Crippen LogP) is 6.38. The van der Waals surface area contributed by atoms with Gasteiger partial charge >= 0.3 is 6.09 Å². The molecule has 176 valence electrons. The van der Waals surface area contributed by atoms with Gasteiger partial charge in [-0.15, -0.1) is 0 Å². The molecule has 0 saturated heterocycles. The average molecular weight is 479 g/mol. The minimum Gasteiger partial charge on any atom is -0.484 e. The van der Waals surface area contributed by atoms with Crippen LogP contribution in [0.2, 0.25) is 5.15 Å². The molecule has 2 heterocycles. The molecule has 0 bridgehead atoms. The zero-order valence-corrected chi connectivity index (χ0v) is 20.6. The summed E-state index contributed by atoms with van der Waals surface area (Å²) in [5.74, 6) is 1.04. The Morgan fingerprint density at radius 1 is 1.24 bits per heavy atom. The van der Waals surface area contributed by atoms with E-state index in [-0.39, 0.29) is 11.3 Å². The van der Waals surface area contributed by atoms with E-state index >= 15 is 0 Å². The van der Waals surface area contributed by atoms with E-state index in [0.29, 0.717) is 22.7 Å². The molecule has 1 unspecified atom stereocenters. The minimum absolute atomic E-state index is 0.222. The highest BCUT2D eigenvalue weighted by atomic mass is 35.5. The molecule has 7 nitrogen and oxygen atoms in total. The molecule has 1 atom stereocenters. The normalized spacial score (nSPS) is 17.8. The fraction of sp³-hybridized carbons (Fsp3) is 0.462. The van der Waals surface area contributed by atoms with Crippen LogP contribution in [0.4, 0.5) is 4.79 Å². The van der Waals surface area contributed by atoms with Crippen LogP contribution in [0, 0.1) is 18.3 Å². The maximum Gasteiger partial charge on any atom is 0.435 e. The lowest BCUT2D eigenvalue weighted by Crippen LogP contribution is -2.27. The van der Waals surface area contributed by atoms with E-state index in [2.05, 4.69) is 16.2 Å². The smallest absolute Gasteiger partial charge is 0.435 e. The molecule has 0 radical (unpaired) electrons. The van der Waals surface area contributed by atoms with Gasteiger partial charge in [-0.05, 0) is 89.1 Å². The van der Waals surface area contributed by atoms with Crippen LogP contribution >= 0.6 is 11.6 Å². The Hall–Kier alpha value is -3.11. The van der Waals surface area contributed by atoms with Gasteiger partial charge in [0, 0.05) is 11.3 Å². The van der Waals surface area contributed by atoms with Crippen molar-refractivity contribution in [2.45, 2.75) is 77.4 Å². The Morgan fingerprint density at radius 3 is 2.68 bits per heavy atom. The van der Waals surface area contributed by atoms with Crippen molar-refractivity contribution in [3.8, 4) is 11.8 Å². The summed E-state index contributed by atoms with van der Waals surface area (Å²) in [4.78, 5) is 17.3. The third-order valence-electron chi connectivity index (χ3n) is 6.36. The van der Waals surface area contributed by atoms with Crippen molar-refractivity contribution < 1.29 is 14.3 Å². The summed E-state index contributed by atoms with van der Waals surface area (Å²) in [6, 6.07) is 7.84. The quantitative estimate of drug-likeness (QED) is 0.405. The molecule has 0 N–H and O–H groups in total. The lowest BCUT2D eigenvalue weighted by Gasteiger charge is -2.27. The molecular formula is C26H27ClN4O3. The molecular weight excluding hydrogens is 452 g/mol. The van der Waals surface area contributed by atoms with Crippen molar-refractivity contribution in [3.05, 3.63) is 51.4 Å². The number of hydrogen-bond acceptors (Lipinski definition) is 6. The standard InChI is InChI=1S/C26H27ClN4O3/c1-14-17-6-5-7-21(23(17)29-24(27)19(14)13-28)33-16-10-11-20-18(12-16)22(15-8-9-15)30-31(20)25(32)34-26(2,3)4/h10-12,15,21H,5-9H2,1-4H3. The molecule has 5 rings (SSSR count). The van der Waals surface area contributed by atoms with E-state index in [4.69, 9.17) is 21.1 Å². The Balaban J connectivity index is 1.51. The van der Waals surface area contributed by atoms with Gasteiger partial charge in [0.15, 0.2) is 0 Å². The molecule has 2 aromatic heterocycles. The van der Waals surface area contributed by atoms with Crippen LogP contribution in [0.5, 0.6) is 5.75 Å². The van der Waals surface area contributed by atoms with Gasteiger partial charge in [-0.2, -0.15) is 15.0 Å². The largest absolute Gasteiger partial charge is 0.484 e. The number of nitrogens with zero attached hydrogens (tertiary/aromatic N) is 4. The summed E-state index contributed by atoms with van der Waals surface area (Å²) in [6.45, 7) is 7.45. The zero-order chi connectivity index (χ0) is 24.2. The third kappa shape index (κ3) is 4.12. The monoisotopic (exact) mass is 478 g/mol. The number of carbonyl (C=O) groups is 1. The number of pyridine rings is 1. The summed E-state index contributed by atoms with van der Waals surface area (Å²) < 4.78 is 13.3. The van der Waals surface area contributed by atoms with E-state index in [9.17, 15) is 10.1 Å². The van der Waals surface area contributed by atoms with Crippen molar-refractivity contribution >= 4 is 28.6 Å². The summed E-state index contributed by atoms with van der Waals surface area (Å²) in [6.07, 6.45) is 3.99. The van der Waals surface area contributed by atoms with E-state index in [1.54, 1.807) is 0 Å². The van der Waals surface area contributed by atoms with E-state index < -0.39 is 11.7 Å². The van der Waals surface area contributed by atoms with Crippen LogP contribution in [0.3, 0.4) is 0 Å². The van der Waals surface area contributed by atoms with Crippen LogP contribution in [0.25, 0.3) is 10.9 Å². The van der Waals surface area contributed by atoms with Crippen LogP contribution < -0.4 is 4.74 Å². The van der Waals surface area contributed by atoms with Crippen molar-refractivity contribution in [2.75, 3.05) is 0 Å². The highest BCUT2D eigenvalue weighted by Gasteiger charge is 2.32. The van der Waals surface area contributed by atoms with Crippen LogP contribution in [-0.2, 0) is 11.2 Å². The lowest BCUT2D eigenvalue weighted by atomic mass is 9.89. The average Bonchev–Trinajstić information content (AvgIpc) is 3.54. The first kappa shape index (κ1) is 22.7. The van der Waals surface area contributed by atoms with Gasteiger partial charge in [-0.25, -0.2) is 9.78 Å². The maximum absolute atomic E-state index is 12.8. The molecule has 1 fully saturated rings. The fourth-order valence-corrected chi connectivity index (χ4v) is 4.89. The second kappa shape index (κ2) is 8.28. The number of halogens is 1. The fourth-order valence-electron chi connectivity index (χ4n) is 4.62. The van der Waals surface area contributed by atoms with Crippen molar-refractivity contribution in [2.24, 2.45) is 0 Å². The molecule has 1 saturated carbocycles.